The lowest BCUT2D eigenvalue weighted by Gasteiger charge is -2.30. The highest BCUT2D eigenvalue weighted by Crippen LogP contribution is 2.26. The maximum atomic E-state index is 13.5. The second kappa shape index (κ2) is 17.8. The molecule has 3 aromatic carbocycles. The van der Waals surface area contributed by atoms with E-state index in [1.54, 1.807) is 54.0 Å². The molecule has 0 aliphatic heterocycles. The van der Waals surface area contributed by atoms with Crippen LogP contribution in [0.5, 0.6) is 0 Å². The summed E-state index contributed by atoms with van der Waals surface area (Å²) in [6.07, 6.45) is 4.26. The fraction of sp³-hybridized carbons (Fsp3) is 0.303. The Bertz CT molecular complexity index is 1510. The van der Waals surface area contributed by atoms with Gasteiger partial charge in [-0.25, -0.2) is 10.5 Å². The lowest BCUT2D eigenvalue weighted by molar-refractivity contribution is -0.141. The van der Waals surface area contributed by atoms with Crippen LogP contribution >= 0.6 is 0 Å². The molecule has 0 saturated carbocycles. The van der Waals surface area contributed by atoms with Crippen molar-refractivity contribution < 1.29 is 32.6 Å². The van der Waals surface area contributed by atoms with E-state index >= 15 is 0 Å². The summed E-state index contributed by atoms with van der Waals surface area (Å²) >= 11 is 0. The van der Waals surface area contributed by atoms with Crippen LogP contribution in [0.15, 0.2) is 95.9 Å². The Hall–Kier alpha value is -4.36. The number of hydrazine groups is 1. The van der Waals surface area contributed by atoms with Gasteiger partial charge >= 0.3 is 0 Å². The van der Waals surface area contributed by atoms with Crippen molar-refractivity contribution in [3.05, 3.63) is 102 Å². The third-order valence-electron chi connectivity index (χ3n) is 6.66. The highest BCUT2D eigenvalue weighted by Gasteiger charge is 2.35. The Kier molecular flexibility index (Phi) is 14.6. The Morgan fingerprint density at radius 3 is 1.91 bits per heavy atom. The number of carbonyl (C=O) groups excluding carboxylic acids is 3. The van der Waals surface area contributed by atoms with Gasteiger partial charge in [-0.1, -0.05) is 92.2 Å². The number of para-hydroxylation sites is 1. The molecule has 45 heavy (non-hydrogen) atoms. The number of allylic oxidation sites excluding steroid dienone is 1. The van der Waals surface area contributed by atoms with Crippen molar-refractivity contribution >= 4 is 39.6 Å². The third-order valence-corrected chi connectivity index (χ3v) is 7.53. The van der Waals surface area contributed by atoms with E-state index in [4.69, 9.17) is 10.3 Å². The van der Waals surface area contributed by atoms with Crippen LogP contribution in [0.25, 0.3) is 6.08 Å². The standard InChI is InChI=1S/C26H34N4O4.C7H8O3S/c1-18(2)17-23(22(25(32)29-34)16-10-13-20-11-6-4-7-12-20)24(31)28-30(26(33)19(3)27)21-14-8-5-9-15-21;1-6-2-4-7(5-3-6)11(8,9)10/h4-15,18-19,22-23,34H,16-17,27H2,1-3H3,(H,28,31)(H,29,32);2-5H,1H3,(H,8,9,10)/t19-,22+,23-;/m1./s1. The molecule has 3 rings (SSSR count). The molecule has 0 spiro atoms. The number of aryl methyl sites for hydroxylation is 1. The number of hydrogen-bond acceptors (Lipinski definition) is 7. The predicted octanol–water partition coefficient (Wildman–Crippen LogP) is 4.53. The SMILES string of the molecule is CC(C)C[C@@H](C(=O)NN(C(=O)[C@@H](C)N)c1ccccc1)[C@H](CC=Cc1ccccc1)C(=O)NO.Cc1ccc(S(=O)(=O)O)cc1. The molecule has 0 heterocycles. The molecule has 0 aliphatic carbocycles. The second-order valence-corrected chi connectivity index (χ2v) is 12.4. The minimum Gasteiger partial charge on any atom is -0.320 e. The van der Waals surface area contributed by atoms with E-state index < -0.39 is 45.7 Å². The van der Waals surface area contributed by atoms with Gasteiger partial charge in [-0.15, -0.1) is 0 Å². The first-order valence-corrected chi connectivity index (χ1v) is 15.8. The molecule has 12 heteroatoms. The Morgan fingerprint density at radius 1 is 0.867 bits per heavy atom. The van der Waals surface area contributed by atoms with Crippen molar-refractivity contribution in [3.63, 3.8) is 0 Å². The fourth-order valence-electron chi connectivity index (χ4n) is 4.34. The van der Waals surface area contributed by atoms with Crippen LogP contribution < -0.4 is 21.6 Å². The number of rotatable bonds is 11. The summed E-state index contributed by atoms with van der Waals surface area (Å²) in [4.78, 5) is 38.8. The molecule has 242 valence electrons. The monoisotopic (exact) mass is 638 g/mol. The number of nitrogens with two attached hydrogens (primary N) is 1. The van der Waals surface area contributed by atoms with Crippen LogP contribution in [-0.4, -0.2) is 41.9 Å². The number of hydrogen-bond donors (Lipinski definition) is 5. The second-order valence-electron chi connectivity index (χ2n) is 10.9. The number of benzene rings is 3. The zero-order valence-electron chi connectivity index (χ0n) is 25.8. The first-order chi connectivity index (χ1) is 21.2. The number of carbonyl (C=O) groups is 3. The van der Waals surface area contributed by atoms with E-state index in [0.29, 0.717) is 12.1 Å². The number of anilines is 1. The highest BCUT2D eigenvalue weighted by molar-refractivity contribution is 7.85. The molecule has 0 saturated heterocycles. The average molecular weight is 639 g/mol. The Morgan fingerprint density at radius 2 is 1.42 bits per heavy atom. The van der Waals surface area contributed by atoms with Crippen LogP contribution in [0, 0.1) is 24.7 Å². The zero-order valence-corrected chi connectivity index (χ0v) is 26.6. The van der Waals surface area contributed by atoms with Gasteiger partial charge in [0.2, 0.25) is 11.8 Å². The number of hydroxylamine groups is 1. The summed E-state index contributed by atoms with van der Waals surface area (Å²) in [5.41, 5.74) is 12.5. The molecule has 0 bridgehead atoms. The van der Waals surface area contributed by atoms with Crippen molar-refractivity contribution in [2.24, 2.45) is 23.5 Å². The van der Waals surface area contributed by atoms with Crippen molar-refractivity contribution in [2.75, 3.05) is 5.01 Å². The summed E-state index contributed by atoms with van der Waals surface area (Å²) in [7, 11) is -4.02. The third kappa shape index (κ3) is 12.3. The van der Waals surface area contributed by atoms with Crippen molar-refractivity contribution in [1.82, 2.24) is 10.9 Å². The van der Waals surface area contributed by atoms with E-state index in [1.165, 1.54) is 19.1 Å². The first kappa shape index (κ1) is 36.8. The molecule has 0 unspecified atom stereocenters. The van der Waals surface area contributed by atoms with E-state index in [2.05, 4.69) is 5.43 Å². The lowest BCUT2D eigenvalue weighted by atomic mass is 9.82. The summed E-state index contributed by atoms with van der Waals surface area (Å²) in [5.74, 6) is -3.24. The Labute approximate surface area is 264 Å². The molecule has 11 nitrogen and oxygen atoms in total. The average Bonchev–Trinajstić information content (AvgIpc) is 3.01. The first-order valence-electron chi connectivity index (χ1n) is 14.4. The summed E-state index contributed by atoms with van der Waals surface area (Å²) in [6.45, 7) is 7.26. The molecule has 0 radical (unpaired) electrons. The van der Waals surface area contributed by atoms with Crippen LogP contribution in [-0.2, 0) is 24.5 Å². The minimum atomic E-state index is -4.02. The largest absolute Gasteiger partial charge is 0.320 e. The number of nitrogens with zero attached hydrogens (tertiary/aromatic N) is 1. The molecule has 3 aromatic rings. The van der Waals surface area contributed by atoms with Gasteiger partial charge in [-0.3, -0.25) is 29.6 Å². The maximum absolute atomic E-state index is 13.5. The van der Waals surface area contributed by atoms with E-state index in [9.17, 15) is 28.0 Å². The van der Waals surface area contributed by atoms with Gasteiger partial charge < -0.3 is 5.73 Å². The summed E-state index contributed by atoms with van der Waals surface area (Å²) in [6, 6.07) is 23.3. The van der Waals surface area contributed by atoms with E-state index in [0.717, 1.165) is 16.1 Å². The quantitative estimate of drug-likeness (QED) is 0.115. The summed E-state index contributed by atoms with van der Waals surface area (Å²) in [5, 5.41) is 10.5. The van der Waals surface area contributed by atoms with Gasteiger partial charge in [0.15, 0.2) is 0 Å². The minimum absolute atomic E-state index is 0.0666. The van der Waals surface area contributed by atoms with Gasteiger partial charge in [0, 0.05) is 0 Å². The van der Waals surface area contributed by atoms with Crippen molar-refractivity contribution in [1.29, 1.82) is 0 Å². The maximum Gasteiger partial charge on any atom is 0.294 e. The van der Waals surface area contributed by atoms with Crippen LogP contribution in [0.3, 0.4) is 0 Å². The molecule has 0 aliphatic rings. The molecule has 3 atom stereocenters. The zero-order chi connectivity index (χ0) is 33.6. The normalized spacial score (nSPS) is 13.2. The smallest absolute Gasteiger partial charge is 0.294 e. The van der Waals surface area contributed by atoms with Crippen LogP contribution in [0.1, 0.15) is 44.7 Å². The lowest BCUT2D eigenvalue weighted by Crippen LogP contribution is -2.55. The molecule has 6 N–H and O–H groups in total. The molecule has 0 aromatic heterocycles. The van der Waals surface area contributed by atoms with Gasteiger partial charge in [0.25, 0.3) is 16.0 Å². The van der Waals surface area contributed by atoms with Crippen molar-refractivity contribution in [3.8, 4) is 0 Å². The number of amides is 3. The van der Waals surface area contributed by atoms with Crippen LogP contribution in [0.4, 0.5) is 5.69 Å². The summed E-state index contributed by atoms with van der Waals surface area (Å²) < 4.78 is 29.6. The van der Waals surface area contributed by atoms with Crippen LogP contribution in [0.2, 0.25) is 0 Å². The molecule has 0 fully saturated rings. The van der Waals surface area contributed by atoms with Crippen molar-refractivity contribution in [2.45, 2.75) is 51.5 Å². The fourth-order valence-corrected chi connectivity index (χ4v) is 4.82. The number of nitrogens with one attached hydrogen (secondary N) is 2. The molecular weight excluding hydrogens is 596 g/mol. The highest BCUT2D eigenvalue weighted by atomic mass is 32.2. The van der Waals surface area contributed by atoms with Gasteiger partial charge in [-0.2, -0.15) is 8.42 Å². The topological polar surface area (TPSA) is 179 Å². The predicted molar refractivity (Wildman–Crippen MR) is 173 cm³/mol. The van der Waals surface area contributed by atoms with Gasteiger partial charge in [0.05, 0.1) is 28.5 Å². The Balaban J connectivity index is 0.000000537. The van der Waals surface area contributed by atoms with Gasteiger partial charge in [0.1, 0.15) is 0 Å². The van der Waals surface area contributed by atoms with Gasteiger partial charge in [-0.05, 0) is 62.4 Å². The molecular formula is C33H42N4O7S. The van der Waals surface area contributed by atoms with E-state index in [-0.39, 0.29) is 17.2 Å². The van der Waals surface area contributed by atoms with E-state index in [1.807, 2.05) is 57.2 Å². The molecule has 3 amide bonds.